The van der Waals surface area contributed by atoms with Gasteiger partial charge in [-0.1, -0.05) is 49.2 Å². The van der Waals surface area contributed by atoms with Crippen molar-refractivity contribution in [1.82, 2.24) is 20.4 Å². The van der Waals surface area contributed by atoms with Crippen LogP contribution < -0.4 is 16.4 Å². The Bertz CT molecular complexity index is 1190. The molecule has 1 aliphatic heterocycles. The number of rotatable bonds is 13. The molecule has 3 amide bonds. The van der Waals surface area contributed by atoms with Gasteiger partial charge in [-0.3, -0.25) is 19.3 Å². The van der Waals surface area contributed by atoms with Crippen LogP contribution in [0, 0.1) is 5.82 Å². The van der Waals surface area contributed by atoms with Gasteiger partial charge in [0.25, 0.3) is 0 Å². The third-order valence-electron chi connectivity index (χ3n) is 7.44. The van der Waals surface area contributed by atoms with Crippen LogP contribution >= 0.6 is 11.6 Å². The molecular weight excluding hydrogens is 564 g/mol. The van der Waals surface area contributed by atoms with Crippen LogP contribution in [0.4, 0.5) is 8.78 Å². The van der Waals surface area contributed by atoms with E-state index in [4.69, 9.17) is 17.3 Å². The summed E-state index contributed by atoms with van der Waals surface area (Å²) in [5.41, 5.74) is 6.43. The predicted molar refractivity (Wildman–Crippen MR) is 160 cm³/mol. The summed E-state index contributed by atoms with van der Waals surface area (Å²) in [4.78, 5) is 43.9. The Balaban J connectivity index is 1.84. The molecule has 0 aromatic heterocycles. The minimum atomic E-state index is -1.20. The van der Waals surface area contributed by atoms with Crippen molar-refractivity contribution in [3.05, 3.63) is 70.5 Å². The number of nitrogens with zero attached hydrogens (tertiary/aromatic N) is 2. The highest BCUT2D eigenvalue weighted by atomic mass is 35.5. The molecule has 3 atom stereocenters. The topological polar surface area (TPSA) is 108 Å². The Morgan fingerprint density at radius 2 is 1.67 bits per heavy atom. The predicted octanol–water partition coefficient (Wildman–Crippen LogP) is 3.25. The maximum Gasteiger partial charge on any atom is 0.245 e. The molecule has 2 aromatic rings. The largest absolute Gasteiger partial charge is 0.352 e. The lowest BCUT2D eigenvalue weighted by molar-refractivity contribution is -0.143. The Morgan fingerprint density at radius 1 is 1.05 bits per heavy atom. The average Bonchev–Trinajstić information content (AvgIpc) is 2.95. The summed E-state index contributed by atoms with van der Waals surface area (Å²) in [6.07, 6.45) is 2.05. The van der Waals surface area contributed by atoms with Gasteiger partial charge in [-0.25, -0.2) is 8.78 Å². The van der Waals surface area contributed by atoms with E-state index in [-0.39, 0.29) is 30.8 Å². The highest BCUT2D eigenvalue weighted by Crippen LogP contribution is 2.22. The van der Waals surface area contributed by atoms with E-state index in [2.05, 4.69) is 10.6 Å². The van der Waals surface area contributed by atoms with E-state index in [1.807, 2.05) is 24.0 Å². The van der Waals surface area contributed by atoms with Crippen molar-refractivity contribution in [2.45, 2.75) is 70.1 Å². The Labute approximate surface area is 251 Å². The van der Waals surface area contributed by atoms with Crippen molar-refractivity contribution in [3.63, 3.8) is 0 Å². The van der Waals surface area contributed by atoms with Crippen molar-refractivity contribution in [2.24, 2.45) is 5.73 Å². The van der Waals surface area contributed by atoms with Gasteiger partial charge >= 0.3 is 0 Å². The number of carbonyl (C=O) groups is 3. The summed E-state index contributed by atoms with van der Waals surface area (Å²) in [5, 5.41) is 6.09. The first-order valence-corrected chi connectivity index (χ1v) is 14.8. The van der Waals surface area contributed by atoms with E-state index in [0.29, 0.717) is 43.1 Å². The fourth-order valence-electron chi connectivity index (χ4n) is 5.15. The number of piperazine rings is 1. The Morgan fingerprint density at radius 3 is 2.26 bits per heavy atom. The molecule has 1 aliphatic rings. The number of alkyl halides is 1. The number of nitrogens with two attached hydrogens (primary N) is 1. The number of carbonyl (C=O) groups excluding carboxylic acids is 3. The molecule has 3 rings (SSSR count). The molecule has 4 N–H and O–H groups in total. The van der Waals surface area contributed by atoms with Crippen molar-refractivity contribution in [3.8, 4) is 0 Å². The first kappa shape index (κ1) is 33.4. The lowest BCUT2D eigenvalue weighted by Gasteiger charge is -2.45. The van der Waals surface area contributed by atoms with Crippen LogP contribution in [0.2, 0.25) is 5.02 Å². The van der Waals surface area contributed by atoms with E-state index in [1.54, 1.807) is 43.0 Å². The van der Waals surface area contributed by atoms with E-state index < -0.39 is 36.0 Å². The molecule has 0 aliphatic carbocycles. The molecule has 42 heavy (non-hydrogen) atoms. The van der Waals surface area contributed by atoms with Gasteiger partial charge in [0.2, 0.25) is 17.7 Å². The standard InChI is InChI=1S/C31H42ClF2N5O3/c1-4-5-25-20-38(27(28(40)36-15-14-33)19-22-6-10-23(32)11-7-22)16-17-39(25)29(41)26(37-30(42)31(2,3)35)18-21-8-12-24(34)13-9-21/h6-13,25-27H,4-5,14-20,35H2,1-3H3,(H,36,40)(H,37,42). The number of amides is 3. The number of benzene rings is 2. The third kappa shape index (κ3) is 9.47. The molecule has 0 bridgehead atoms. The molecular formula is C31H42ClF2N5O3. The van der Waals surface area contributed by atoms with Gasteiger partial charge < -0.3 is 21.3 Å². The number of halogens is 3. The van der Waals surface area contributed by atoms with Gasteiger partial charge in [-0.2, -0.15) is 0 Å². The molecule has 1 saturated heterocycles. The normalized spacial score (nSPS) is 17.4. The maximum absolute atomic E-state index is 14.0. The molecule has 230 valence electrons. The summed E-state index contributed by atoms with van der Waals surface area (Å²) < 4.78 is 26.4. The number of hydrogen-bond donors (Lipinski definition) is 3. The molecule has 2 aromatic carbocycles. The molecule has 0 saturated carbocycles. The highest BCUT2D eigenvalue weighted by Gasteiger charge is 2.39. The van der Waals surface area contributed by atoms with Gasteiger partial charge in [0.1, 0.15) is 18.5 Å². The van der Waals surface area contributed by atoms with Crippen LogP contribution in [0.5, 0.6) is 0 Å². The minimum absolute atomic E-state index is 0.0744. The summed E-state index contributed by atoms with van der Waals surface area (Å²) in [7, 11) is 0. The second-order valence-corrected chi connectivity index (χ2v) is 11.8. The maximum atomic E-state index is 14.0. The third-order valence-corrected chi connectivity index (χ3v) is 7.69. The minimum Gasteiger partial charge on any atom is -0.352 e. The van der Waals surface area contributed by atoms with Crippen LogP contribution in [-0.2, 0) is 27.2 Å². The van der Waals surface area contributed by atoms with Gasteiger partial charge in [0.05, 0.1) is 11.6 Å². The quantitative estimate of drug-likeness (QED) is 0.325. The monoisotopic (exact) mass is 605 g/mol. The molecule has 1 fully saturated rings. The van der Waals surface area contributed by atoms with E-state index in [0.717, 1.165) is 12.0 Å². The zero-order valence-corrected chi connectivity index (χ0v) is 25.3. The van der Waals surface area contributed by atoms with Crippen LogP contribution in [-0.4, -0.2) is 84.0 Å². The molecule has 3 unspecified atom stereocenters. The molecule has 0 spiro atoms. The second kappa shape index (κ2) is 15.4. The fraction of sp³-hybridized carbons (Fsp3) is 0.516. The first-order chi connectivity index (χ1) is 19.9. The van der Waals surface area contributed by atoms with E-state index >= 15 is 0 Å². The smallest absolute Gasteiger partial charge is 0.245 e. The van der Waals surface area contributed by atoms with Gasteiger partial charge in [-0.05, 0) is 62.1 Å². The van der Waals surface area contributed by atoms with Crippen LogP contribution in [0.15, 0.2) is 48.5 Å². The summed E-state index contributed by atoms with van der Waals surface area (Å²) in [6, 6.07) is 11.4. The summed E-state index contributed by atoms with van der Waals surface area (Å²) in [6.45, 7) is 5.59. The van der Waals surface area contributed by atoms with E-state index in [9.17, 15) is 23.2 Å². The van der Waals surface area contributed by atoms with Crippen molar-refractivity contribution < 1.29 is 23.2 Å². The lowest BCUT2D eigenvalue weighted by atomic mass is 9.97. The van der Waals surface area contributed by atoms with Gasteiger partial charge in [0, 0.05) is 43.7 Å². The summed E-state index contributed by atoms with van der Waals surface area (Å²) >= 11 is 6.05. The van der Waals surface area contributed by atoms with Crippen molar-refractivity contribution in [2.75, 3.05) is 32.9 Å². The Hall–Kier alpha value is -3.08. The highest BCUT2D eigenvalue weighted by molar-refractivity contribution is 6.30. The second-order valence-electron chi connectivity index (χ2n) is 11.4. The number of hydrogen-bond acceptors (Lipinski definition) is 5. The zero-order valence-electron chi connectivity index (χ0n) is 24.5. The van der Waals surface area contributed by atoms with Crippen molar-refractivity contribution in [1.29, 1.82) is 0 Å². The zero-order chi connectivity index (χ0) is 30.9. The first-order valence-electron chi connectivity index (χ1n) is 14.4. The van der Waals surface area contributed by atoms with Gasteiger partial charge in [0.15, 0.2) is 0 Å². The SMILES string of the molecule is CCCC1CN(C(Cc2ccc(Cl)cc2)C(=O)NCCF)CCN1C(=O)C(Cc1ccc(F)cc1)NC(=O)C(C)(C)N. The van der Waals surface area contributed by atoms with Crippen LogP contribution in [0.3, 0.4) is 0 Å². The Kier molecular flexibility index (Phi) is 12.3. The average molecular weight is 606 g/mol. The van der Waals surface area contributed by atoms with Gasteiger partial charge in [-0.15, -0.1) is 0 Å². The summed E-state index contributed by atoms with van der Waals surface area (Å²) in [5.74, 6) is -1.40. The molecule has 11 heteroatoms. The fourth-order valence-corrected chi connectivity index (χ4v) is 5.28. The van der Waals surface area contributed by atoms with Crippen LogP contribution in [0.1, 0.15) is 44.7 Å². The lowest BCUT2D eigenvalue weighted by Crippen LogP contribution is -2.64. The molecule has 0 radical (unpaired) electrons. The van der Waals surface area contributed by atoms with Crippen LogP contribution in [0.25, 0.3) is 0 Å². The molecule has 1 heterocycles. The molecule has 8 nitrogen and oxygen atoms in total. The number of nitrogens with one attached hydrogen (secondary N) is 2. The van der Waals surface area contributed by atoms with E-state index in [1.165, 1.54) is 12.1 Å². The van der Waals surface area contributed by atoms with Crippen molar-refractivity contribution >= 4 is 29.3 Å².